The third-order valence-electron chi connectivity index (χ3n) is 2.33. The van der Waals surface area contributed by atoms with Gasteiger partial charge in [0.1, 0.15) is 11.7 Å². The quantitative estimate of drug-likeness (QED) is 0.790. The molecule has 0 unspecified atom stereocenters. The largest absolute Gasteiger partial charge is 0.307 e. The van der Waals surface area contributed by atoms with Crippen molar-refractivity contribution in [3.8, 4) is 0 Å². The molecular formula is C12H12O4S. The number of carbonyl (C=O) groups excluding carboxylic acids is 1. The molecule has 17 heavy (non-hydrogen) atoms. The van der Waals surface area contributed by atoms with E-state index >= 15 is 0 Å². The summed E-state index contributed by atoms with van der Waals surface area (Å²) in [5, 5.41) is 1.36. The van der Waals surface area contributed by atoms with E-state index in [4.69, 9.17) is 9.35 Å². The molecule has 0 spiro atoms. The van der Waals surface area contributed by atoms with Crippen LogP contribution in [0.4, 0.5) is 0 Å². The van der Waals surface area contributed by atoms with Crippen LogP contribution in [-0.4, -0.2) is 19.8 Å². The zero-order valence-electron chi connectivity index (χ0n) is 9.25. The van der Waals surface area contributed by atoms with Crippen molar-refractivity contribution in [3.63, 3.8) is 0 Å². The minimum atomic E-state index is -4.16. The third-order valence-corrected chi connectivity index (χ3v) is 3.39. The van der Waals surface area contributed by atoms with E-state index in [0.717, 1.165) is 5.39 Å². The molecular weight excluding hydrogens is 240 g/mol. The van der Waals surface area contributed by atoms with Gasteiger partial charge < -0.3 is 4.79 Å². The van der Waals surface area contributed by atoms with E-state index in [1.807, 2.05) is 25.0 Å². The number of benzene rings is 2. The van der Waals surface area contributed by atoms with Crippen molar-refractivity contribution < 1.29 is 17.8 Å². The maximum absolute atomic E-state index is 11.2. The first-order valence-electron chi connectivity index (χ1n) is 4.75. The molecule has 1 N–H and O–H groups in total. The van der Waals surface area contributed by atoms with Crippen LogP contribution < -0.4 is 0 Å². The van der Waals surface area contributed by atoms with Gasteiger partial charge in [0.25, 0.3) is 10.1 Å². The average molecular weight is 252 g/mol. The molecule has 2 aromatic rings. The van der Waals surface area contributed by atoms with Gasteiger partial charge in [-0.2, -0.15) is 8.42 Å². The summed E-state index contributed by atoms with van der Waals surface area (Å²) < 4.78 is 31.6. The summed E-state index contributed by atoms with van der Waals surface area (Å²) in [7, 11) is -4.16. The van der Waals surface area contributed by atoms with E-state index in [1.54, 1.807) is 25.1 Å². The molecule has 0 saturated carbocycles. The molecule has 0 aliphatic carbocycles. The molecule has 0 saturated heterocycles. The molecule has 0 atom stereocenters. The summed E-state index contributed by atoms with van der Waals surface area (Å²) in [6.07, 6.45) is 0. The lowest BCUT2D eigenvalue weighted by Gasteiger charge is -2.06. The second-order valence-corrected chi connectivity index (χ2v) is 4.77. The highest BCUT2D eigenvalue weighted by Gasteiger charge is 2.16. The predicted molar refractivity (Wildman–Crippen MR) is 65.6 cm³/mol. The summed E-state index contributed by atoms with van der Waals surface area (Å²) in [5.74, 6) is 0. The lowest BCUT2D eigenvalue weighted by atomic mass is 10.1. The smallest absolute Gasteiger partial charge is 0.295 e. The van der Waals surface area contributed by atoms with Crippen LogP contribution in [-0.2, 0) is 14.9 Å². The number of hydrogen-bond donors (Lipinski definition) is 1. The van der Waals surface area contributed by atoms with Gasteiger partial charge in [-0.15, -0.1) is 0 Å². The summed E-state index contributed by atoms with van der Waals surface area (Å²) in [6.45, 7) is 3.66. The van der Waals surface area contributed by atoms with Crippen LogP contribution in [0.3, 0.4) is 0 Å². The zero-order chi connectivity index (χ0) is 13.1. The van der Waals surface area contributed by atoms with E-state index in [9.17, 15) is 8.42 Å². The van der Waals surface area contributed by atoms with Crippen molar-refractivity contribution >= 4 is 27.7 Å². The fourth-order valence-corrected chi connectivity index (χ4v) is 2.63. The summed E-state index contributed by atoms with van der Waals surface area (Å²) in [6, 6.07) is 10.6. The van der Waals surface area contributed by atoms with Crippen molar-refractivity contribution in [2.24, 2.45) is 0 Å². The van der Waals surface area contributed by atoms with Gasteiger partial charge in [0, 0.05) is 5.39 Å². The molecule has 2 rings (SSSR count). The molecule has 0 fully saturated rings. The van der Waals surface area contributed by atoms with Crippen molar-refractivity contribution in [2.45, 2.75) is 11.8 Å². The van der Waals surface area contributed by atoms with Crippen LogP contribution in [0.25, 0.3) is 10.8 Å². The minimum Gasteiger partial charge on any atom is -0.307 e. The van der Waals surface area contributed by atoms with E-state index in [0.29, 0.717) is 10.9 Å². The Morgan fingerprint density at radius 2 is 1.65 bits per heavy atom. The first kappa shape index (κ1) is 13.3. The molecule has 5 heteroatoms. The monoisotopic (exact) mass is 252 g/mol. The molecule has 0 amide bonds. The first-order chi connectivity index (χ1) is 8.00. The highest BCUT2D eigenvalue weighted by Crippen LogP contribution is 2.25. The van der Waals surface area contributed by atoms with Crippen LogP contribution in [0.5, 0.6) is 0 Å². The Kier molecular flexibility index (Phi) is 3.98. The van der Waals surface area contributed by atoms with E-state index < -0.39 is 10.1 Å². The van der Waals surface area contributed by atoms with Gasteiger partial charge in [-0.1, -0.05) is 36.4 Å². The molecule has 0 aliphatic rings. The average Bonchev–Trinajstić information content (AvgIpc) is 2.29. The Balaban J connectivity index is 0.000000686. The Morgan fingerprint density at radius 1 is 1.06 bits per heavy atom. The van der Waals surface area contributed by atoms with Crippen molar-refractivity contribution in [1.29, 1.82) is 0 Å². The first-order valence-corrected chi connectivity index (χ1v) is 6.19. The fourth-order valence-electron chi connectivity index (χ4n) is 1.69. The Morgan fingerprint density at radius 3 is 2.24 bits per heavy atom. The minimum absolute atomic E-state index is 0.000556. The zero-order valence-corrected chi connectivity index (χ0v) is 10.1. The van der Waals surface area contributed by atoms with Gasteiger partial charge in [-0.3, -0.25) is 4.55 Å². The third kappa shape index (κ3) is 2.69. The fraction of sp³-hybridized carbons (Fsp3) is 0.0833. The predicted octanol–water partition coefficient (Wildman–Crippen LogP) is 2.21. The van der Waals surface area contributed by atoms with Gasteiger partial charge in [0.05, 0.1) is 0 Å². The Hall–Kier alpha value is -1.72. The second-order valence-electron chi connectivity index (χ2n) is 3.41. The SMILES string of the molecule is C=O.Cc1ccc2ccccc2c1S(=O)(=O)O. The van der Waals surface area contributed by atoms with Crippen LogP contribution >= 0.6 is 0 Å². The number of hydrogen-bond acceptors (Lipinski definition) is 3. The normalized spacial score (nSPS) is 10.7. The molecule has 0 aliphatic heterocycles. The summed E-state index contributed by atoms with van der Waals surface area (Å²) in [4.78, 5) is 8.00. The van der Waals surface area contributed by atoms with Crippen LogP contribution in [0.15, 0.2) is 41.3 Å². The van der Waals surface area contributed by atoms with Gasteiger partial charge >= 0.3 is 0 Å². The topological polar surface area (TPSA) is 71.4 Å². The summed E-state index contributed by atoms with van der Waals surface area (Å²) >= 11 is 0. The van der Waals surface area contributed by atoms with Gasteiger partial charge in [0.2, 0.25) is 0 Å². The number of rotatable bonds is 1. The van der Waals surface area contributed by atoms with Gasteiger partial charge in [0.15, 0.2) is 0 Å². The van der Waals surface area contributed by atoms with Crippen molar-refractivity contribution in [3.05, 3.63) is 42.0 Å². The lowest BCUT2D eigenvalue weighted by molar-refractivity contribution is -0.0979. The van der Waals surface area contributed by atoms with Crippen LogP contribution in [0.1, 0.15) is 5.56 Å². The standard InChI is InChI=1S/C11H10O3S.CH2O/c1-8-6-7-9-4-2-3-5-10(9)11(8)15(12,13)14;1-2/h2-7H,1H3,(H,12,13,14);1H2. The summed E-state index contributed by atoms with van der Waals surface area (Å²) in [5.41, 5.74) is 0.552. The molecule has 90 valence electrons. The molecule has 0 heterocycles. The molecule has 4 nitrogen and oxygen atoms in total. The van der Waals surface area contributed by atoms with Crippen LogP contribution in [0.2, 0.25) is 0 Å². The highest BCUT2D eigenvalue weighted by molar-refractivity contribution is 7.86. The molecule has 2 aromatic carbocycles. The Bertz CT molecular complexity index is 632. The van der Waals surface area contributed by atoms with Crippen LogP contribution in [0, 0.1) is 6.92 Å². The van der Waals surface area contributed by atoms with E-state index in [2.05, 4.69) is 0 Å². The molecule has 0 radical (unpaired) electrons. The lowest BCUT2D eigenvalue weighted by Crippen LogP contribution is -2.01. The van der Waals surface area contributed by atoms with Gasteiger partial charge in [-0.25, -0.2) is 0 Å². The maximum atomic E-state index is 11.2. The number of aryl methyl sites for hydroxylation is 1. The van der Waals surface area contributed by atoms with Gasteiger partial charge in [-0.05, 0) is 17.9 Å². The van der Waals surface area contributed by atoms with Crippen molar-refractivity contribution in [2.75, 3.05) is 0 Å². The van der Waals surface area contributed by atoms with E-state index in [1.165, 1.54) is 0 Å². The molecule has 0 bridgehead atoms. The second kappa shape index (κ2) is 5.07. The maximum Gasteiger partial charge on any atom is 0.295 e. The van der Waals surface area contributed by atoms with E-state index in [-0.39, 0.29) is 4.90 Å². The number of carbonyl (C=O) groups is 1. The number of fused-ring (bicyclic) bond motifs is 1. The highest BCUT2D eigenvalue weighted by atomic mass is 32.2. The Labute approximate surface area is 99.6 Å². The van der Waals surface area contributed by atoms with Crippen molar-refractivity contribution in [1.82, 2.24) is 0 Å². The molecule has 0 aromatic heterocycles.